The van der Waals surface area contributed by atoms with Crippen LogP contribution < -0.4 is 5.32 Å². The highest BCUT2D eigenvalue weighted by Crippen LogP contribution is 2.18. The molecule has 0 aliphatic heterocycles. The van der Waals surface area contributed by atoms with E-state index in [9.17, 15) is 0 Å². The van der Waals surface area contributed by atoms with Crippen molar-refractivity contribution in [3.05, 3.63) is 108 Å². The summed E-state index contributed by atoms with van der Waals surface area (Å²) in [5, 5.41) is 3.78. The number of hydrogen-bond acceptors (Lipinski definition) is 0. The van der Waals surface area contributed by atoms with Crippen LogP contribution in [-0.4, -0.2) is 4.98 Å². The molecular weight excluding hydrogens is 304 g/mol. The number of nitrogens with two attached hydrogens (primary N) is 1. The van der Waals surface area contributed by atoms with Crippen molar-refractivity contribution in [1.82, 2.24) is 4.98 Å². The fourth-order valence-corrected chi connectivity index (χ4v) is 3.48. The van der Waals surface area contributed by atoms with E-state index in [1.54, 1.807) is 0 Å². The number of benzene rings is 3. The molecular formula is C23H23N2+. The molecule has 2 heteroatoms. The highest BCUT2D eigenvalue weighted by Gasteiger charge is 2.16. The van der Waals surface area contributed by atoms with E-state index in [-0.39, 0.29) is 0 Å². The van der Waals surface area contributed by atoms with Gasteiger partial charge in [0.25, 0.3) is 0 Å². The zero-order valence-corrected chi connectivity index (χ0v) is 14.2. The molecule has 0 aliphatic rings. The Kier molecular flexibility index (Phi) is 4.62. The predicted molar refractivity (Wildman–Crippen MR) is 103 cm³/mol. The van der Waals surface area contributed by atoms with Gasteiger partial charge in [-0.05, 0) is 11.6 Å². The largest absolute Gasteiger partial charge is 0.361 e. The standard InChI is InChI=1S/C23H22N2/c1-3-9-18(10-4-1)15-23(19-11-5-2-6-12-19)25-17-20-16-24-22-14-8-7-13-21(20)22/h1-14,16,23-25H,15,17H2/p+1/t23-/m1/s1. The Labute approximate surface area is 148 Å². The topological polar surface area (TPSA) is 32.4 Å². The van der Waals surface area contributed by atoms with Gasteiger partial charge in [0.15, 0.2) is 0 Å². The summed E-state index contributed by atoms with van der Waals surface area (Å²) in [6.45, 7) is 0.969. The number of aromatic nitrogens is 1. The van der Waals surface area contributed by atoms with Gasteiger partial charge >= 0.3 is 0 Å². The molecule has 0 saturated carbocycles. The lowest BCUT2D eigenvalue weighted by atomic mass is 9.98. The van der Waals surface area contributed by atoms with E-state index in [1.807, 2.05) is 0 Å². The summed E-state index contributed by atoms with van der Waals surface area (Å²) < 4.78 is 0. The van der Waals surface area contributed by atoms with Crippen molar-refractivity contribution in [3.8, 4) is 0 Å². The van der Waals surface area contributed by atoms with E-state index in [2.05, 4.69) is 101 Å². The van der Waals surface area contributed by atoms with Gasteiger partial charge in [0.05, 0.1) is 0 Å². The van der Waals surface area contributed by atoms with Crippen molar-refractivity contribution in [1.29, 1.82) is 0 Å². The summed E-state index contributed by atoms with van der Waals surface area (Å²) in [6, 6.07) is 30.5. The number of fused-ring (bicyclic) bond motifs is 1. The van der Waals surface area contributed by atoms with Crippen LogP contribution in [0, 0.1) is 0 Å². The van der Waals surface area contributed by atoms with E-state index in [0.717, 1.165) is 13.0 Å². The van der Waals surface area contributed by atoms with E-state index < -0.39 is 0 Å². The van der Waals surface area contributed by atoms with Crippen molar-refractivity contribution in [2.75, 3.05) is 0 Å². The second kappa shape index (κ2) is 7.37. The van der Waals surface area contributed by atoms with Crippen LogP contribution in [0.4, 0.5) is 0 Å². The number of hydrogen-bond donors (Lipinski definition) is 2. The number of para-hydroxylation sites is 1. The highest BCUT2D eigenvalue weighted by atomic mass is 14.9. The number of H-pyrrole nitrogens is 1. The monoisotopic (exact) mass is 327 g/mol. The van der Waals surface area contributed by atoms with Gasteiger partial charge < -0.3 is 10.3 Å². The molecule has 124 valence electrons. The Hall–Kier alpha value is -2.84. The number of quaternary nitrogens is 1. The van der Waals surface area contributed by atoms with E-state index in [0.29, 0.717) is 6.04 Å². The van der Waals surface area contributed by atoms with Crippen LogP contribution in [-0.2, 0) is 13.0 Å². The zero-order chi connectivity index (χ0) is 16.9. The minimum absolute atomic E-state index is 0.414. The molecule has 0 bridgehead atoms. The first-order valence-corrected chi connectivity index (χ1v) is 8.87. The van der Waals surface area contributed by atoms with Crippen molar-refractivity contribution in [2.24, 2.45) is 0 Å². The van der Waals surface area contributed by atoms with Crippen LogP contribution in [0.15, 0.2) is 91.1 Å². The van der Waals surface area contributed by atoms with Crippen molar-refractivity contribution >= 4 is 10.9 Å². The normalized spacial score (nSPS) is 12.3. The molecule has 1 aromatic heterocycles. The van der Waals surface area contributed by atoms with Crippen molar-refractivity contribution < 1.29 is 5.32 Å². The molecule has 2 nitrogen and oxygen atoms in total. The van der Waals surface area contributed by atoms with Gasteiger partial charge in [-0.25, -0.2) is 0 Å². The maximum atomic E-state index is 3.38. The molecule has 3 N–H and O–H groups in total. The SMILES string of the molecule is c1ccc(C[C@@H]([NH2+]Cc2c[nH]c3ccccc23)c2ccccc2)cc1. The smallest absolute Gasteiger partial charge is 0.116 e. The molecule has 0 saturated heterocycles. The number of aromatic amines is 1. The van der Waals surface area contributed by atoms with Crippen LogP contribution >= 0.6 is 0 Å². The fraction of sp³-hybridized carbons (Fsp3) is 0.130. The Morgan fingerprint density at radius 1 is 0.760 bits per heavy atom. The molecule has 4 aromatic rings. The molecule has 3 aromatic carbocycles. The van der Waals surface area contributed by atoms with Gasteiger partial charge in [-0.15, -0.1) is 0 Å². The first-order valence-electron chi connectivity index (χ1n) is 8.87. The third kappa shape index (κ3) is 3.65. The maximum absolute atomic E-state index is 3.38. The maximum Gasteiger partial charge on any atom is 0.116 e. The number of nitrogens with one attached hydrogen (secondary N) is 1. The number of rotatable bonds is 6. The Balaban J connectivity index is 1.56. The minimum atomic E-state index is 0.414. The molecule has 25 heavy (non-hydrogen) atoms. The van der Waals surface area contributed by atoms with E-state index >= 15 is 0 Å². The lowest BCUT2D eigenvalue weighted by Gasteiger charge is -2.16. The molecule has 1 heterocycles. The van der Waals surface area contributed by atoms with Crippen LogP contribution in [0.1, 0.15) is 22.7 Å². The second-order valence-corrected chi connectivity index (χ2v) is 6.51. The molecule has 0 unspecified atom stereocenters. The van der Waals surface area contributed by atoms with Crippen LogP contribution in [0.2, 0.25) is 0 Å². The minimum Gasteiger partial charge on any atom is -0.361 e. The highest BCUT2D eigenvalue weighted by molar-refractivity contribution is 5.82. The Morgan fingerprint density at radius 3 is 2.24 bits per heavy atom. The molecule has 0 aliphatic carbocycles. The lowest BCUT2D eigenvalue weighted by molar-refractivity contribution is -0.710. The molecule has 4 rings (SSSR count). The van der Waals surface area contributed by atoms with Gasteiger partial charge in [-0.2, -0.15) is 0 Å². The van der Waals surface area contributed by atoms with Crippen molar-refractivity contribution in [3.63, 3.8) is 0 Å². The summed E-state index contributed by atoms with van der Waals surface area (Å²) in [5.41, 5.74) is 5.34. The van der Waals surface area contributed by atoms with Crippen LogP contribution in [0.3, 0.4) is 0 Å². The second-order valence-electron chi connectivity index (χ2n) is 6.51. The van der Waals surface area contributed by atoms with Crippen LogP contribution in [0.25, 0.3) is 10.9 Å². The summed E-state index contributed by atoms with van der Waals surface area (Å²) in [6.07, 6.45) is 3.18. The zero-order valence-electron chi connectivity index (χ0n) is 14.2. The third-order valence-electron chi connectivity index (χ3n) is 4.82. The fourth-order valence-electron chi connectivity index (χ4n) is 3.48. The lowest BCUT2D eigenvalue weighted by Crippen LogP contribution is -2.84. The Bertz CT molecular complexity index is 926. The summed E-state index contributed by atoms with van der Waals surface area (Å²) in [5.74, 6) is 0. The first-order chi connectivity index (χ1) is 12.4. The van der Waals surface area contributed by atoms with Gasteiger partial charge in [-0.3, -0.25) is 0 Å². The average Bonchev–Trinajstić information content (AvgIpc) is 3.10. The summed E-state index contributed by atoms with van der Waals surface area (Å²) in [4.78, 5) is 3.38. The predicted octanol–water partition coefficient (Wildman–Crippen LogP) is 4.22. The molecule has 1 atom stereocenters. The third-order valence-corrected chi connectivity index (χ3v) is 4.82. The van der Waals surface area contributed by atoms with Gasteiger partial charge in [0.2, 0.25) is 0 Å². The van der Waals surface area contributed by atoms with Gasteiger partial charge in [0, 0.05) is 34.6 Å². The van der Waals surface area contributed by atoms with E-state index in [4.69, 9.17) is 0 Å². The van der Waals surface area contributed by atoms with Gasteiger partial charge in [0.1, 0.15) is 12.6 Å². The van der Waals surface area contributed by atoms with Crippen molar-refractivity contribution in [2.45, 2.75) is 19.0 Å². The van der Waals surface area contributed by atoms with Gasteiger partial charge in [-0.1, -0.05) is 78.9 Å². The van der Waals surface area contributed by atoms with Crippen LogP contribution in [0.5, 0.6) is 0 Å². The quantitative estimate of drug-likeness (QED) is 0.532. The Morgan fingerprint density at radius 2 is 1.44 bits per heavy atom. The first kappa shape index (κ1) is 15.7. The molecule has 0 spiro atoms. The molecule has 0 radical (unpaired) electrons. The molecule has 0 fully saturated rings. The summed E-state index contributed by atoms with van der Waals surface area (Å²) >= 11 is 0. The summed E-state index contributed by atoms with van der Waals surface area (Å²) in [7, 11) is 0. The molecule has 0 amide bonds. The van der Waals surface area contributed by atoms with E-state index in [1.165, 1.54) is 27.6 Å². The average molecular weight is 327 g/mol.